The van der Waals surface area contributed by atoms with E-state index in [4.69, 9.17) is 9.47 Å². The van der Waals surface area contributed by atoms with Crippen LogP contribution in [-0.4, -0.2) is 24.6 Å². The number of benzene rings is 1. The molecule has 0 radical (unpaired) electrons. The Morgan fingerprint density at radius 2 is 2.12 bits per heavy atom. The molecule has 1 aromatic heterocycles. The van der Waals surface area contributed by atoms with Gasteiger partial charge >= 0.3 is 0 Å². The highest BCUT2D eigenvalue weighted by atomic mass is 32.1. The van der Waals surface area contributed by atoms with Crippen molar-refractivity contribution < 1.29 is 14.3 Å². The van der Waals surface area contributed by atoms with Crippen LogP contribution in [0.5, 0.6) is 11.5 Å². The minimum Gasteiger partial charge on any atom is -0.493 e. The first-order valence-electron chi connectivity index (χ1n) is 8.58. The standard InChI is InChI=1S/C19H26N2O3S/c1-5-6-7-10-24-16-9-8-15(11-17(16)23-4)13(2)21-19(22)18-14(3)20-12-25-18/h8-9,11-13H,5-7,10H2,1-4H3,(H,21,22). The molecule has 0 bridgehead atoms. The second-order valence-corrected chi connectivity index (χ2v) is 6.78. The molecule has 0 saturated heterocycles. The molecule has 0 fully saturated rings. The molecule has 6 heteroatoms. The van der Waals surface area contributed by atoms with E-state index in [-0.39, 0.29) is 11.9 Å². The predicted molar refractivity (Wildman–Crippen MR) is 101 cm³/mol. The van der Waals surface area contributed by atoms with E-state index in [0.29, 0.717) is 17.2 Å². The minimum absolute atomic E-state index is 0.105. The number of rotatable bonds is 9. The van der Waals surface area contributed by atoms with Gasteiger partial charge in [-0.3, -0.25) is 4.79 Å². The van der Waals surface area contributed by atoms with Crippen LogP contribution in [-0.2, 0) is 0 Å². The van der Waals surface area contributed by atoms with Crippen molar-refractivity contribution in [2.45, 2.75) is 46.1 Å². The first-order valence-corrected chi connectivity index (χ1v) is 9.46. The number of thiazole rings is 1. The summed E-state index contributed by atoms with van der Waals surface area (Å²) in [6.45, 7) is 6.63. The van der Waals surface area contributed by atoms with E-state index in [1.807, 2.05) is 32.0 Å². The summed E-state index contributed by atoms with van der Waals surface area (Å²) < 4.78 is 11.2. The number of unbranched alkanes of at least 4 members (excludes halogenated alkanes) is 2. The lowest BCUT2D eigenvalue weighted by Crippen LogP contribution is -2.26. The second-order valence-electron chi connectivity index (χ2n) is 5.93. The van der Waals surface area contributed by atoms with Crippen LogP contribution in [0.4, 0.5) is 0 Å². The van der Waals surface area contributed by atoms with Crippen LogP contribution in [0.1, 0.15) is 60.1 Å². The predicted octanol–water partition coefficient (Wildman–Crippen LogP) is 4.52. The maximum Gasteiger partial charge on any atom is 0.263 e. The lowest BCUT2D eigenvalue weighted by atomic mass is 10.1. The van der Waals surface area contributed by atoms with E-state index >= 15 is 0 Å². The number of carbonyl (C=O) groups is 1. The van der Waals surface area contributed by atoms with Crippen LogP contribution in [0.2, 0.25) is 0 Å². The van der Waals surface area contributed by atoms with Crippen LogP contribution < -0.4 is 14.8 Å². The summed E-state index contributed by atoms with van der Waals surface area (Å²) in [5, 5.41) is 3.01. The fourth-order valence-electron chi connectivity index (χ4n) is 2.47. The Morgan fingerprint density at radius 1 is 1.32 bits per heavy atom. The van der Waals surface area contributed by atoms with Gasteiger partial charge in [0.25, 0.3) is 5.91 Å². The van der Waals surface area contributed by atoms with Gasteiger partial charge in [-0.2, -0.15) is 0 Å². The summed E-state index contributed by atoms with van der Waals surface area (Å²) in [6.07, 6.45) is 3.35. The molecular formula is C19H26N2O3S. The molecule has 1 amide bonds. The molecule has 2 aromatic rings. The third-order valence-corrected chi connectivity index (χ3v) is 4.92. The molecule has 1 unspecified atom stereocenters. The zero-order valence-corrected chi connectivity index (χ0v) is 16.1. The lowest BCUT2D eigenvalue weighted by molar-refractivity contribution is 0.0943. The van der Waals surface area contributed by atoms with Crippen molar-refractivity contribution in [3.63, 3.8) is 0 Å². The number of methoxy groups -OCH3 is 1. The van der Waals surface area contributed by atoms with Crippen molar-refractivity contribution in [2.24, 2.45) is 0 Å². The van der Waals surface area contributed by atoms with Gasteiger partial charge in [-0.05, 0) is 38.0 Å². The fraction of sp³-hybridized carbons (Fsp3) is 0.474. The van der Waals surface area contributed by atoms with Crippen LogP contribution in [0.25, 0.3) is 0 Å². The molecule has 0 aliphatic carbocycles. The number of nitrogens with one attached hydrogen (secondary N) is 1. The number of hydrogen-bond acceptors (Lipinski definition) is 5. The smallest absolute Gasteiger partial charge is 0.263 e. The summed E-state index contributed by atoms with van der Waals surface area (Å²) in [6, 6.07) is 5.64. The SMILES string of the molecule is CCCCCOc1ccc(C(C)NC(=O)c2scnc2C)cc1OC. The Kier molecular flexibility index (Phi) is 7.25. The largest absolute Gasteiger partial charge is 0.493 e. The molecule has 0 saturated carbocycles. The van der Waals surface area contributed by atoms with Gasteiger partial charge in [-0.25, -0.2) is 4.98 Å². The highest BCUT2D eigenvalue weighted by molar-refractivity contribution is 7.11. The van der Waals surface area contributed by atoms with E-state index in [0.717, 1.165) is 36.3 Å². The highest BCUT2D eigenvalue weighted by Crippen LogP contribution is 2.30. The highest BCUT2D eigenvalue weighted by Gasteiger charge is 2.16. The van der Waals surface area contributed by atoms with E-state index in [9.17, 15) is 4.79 Å². The normalized spacial score (nSPS) is 11.8. The number of carbonyl (C=O) groups excluding carboxylic acids is 1. The average Bonchev–Trinajstić information content (AvgIpc) is 3.04. The van der Waals surface area contributed by atoms with Gasteiger partial charge in [0.05, 0.1) is 31.0 Å². The van der Waals surface area contributed by atoms with Crippen molar-refractivity contribution in [3.05, 3.63) is 39.8 Å². The van der Waals surface area contributed by atoms with E-state index < -0.39 is 0 Å². The number of amides is 1. The van der Waals surface area contributed by atoms with Crippen LogP contribution >= 0.6 is 11.3 Å². The van der Waals surface area contributed by atoms with Crippen molar-refractivity contribution in [1.82, 2.24) is 10.3 Å². The van der Waals surface area contributed by atoms with Crippen molar-refractivity contribution in [3.8, 4) is 11.5 Å². The number of hydrogen-bond donors (Lipinski definition) is 1. The van der Waals surface area contributed by atoms with Gasteiger partial charge in [0, 0.05) is 0 Å². The molecule has 0 aliphatic heterocycles. The topological polar surface area (TPSA) is 60.5 Å². The Bertz CT molecular complexity index is 700. The summed E-state index contributed by atoms with van der Waals surface area (Å²) in [5.41, 5.74) is 3.40. The molecule has 2 rings (SSSR count). The number of nitrogens with zero attached hydrogens (tertiary/aromatic N) is 1. The molecule has 136 valence electrons. The first-order chi connectivity index (χ1) is 12.1. The first kappa shape index (κ1) is 19.2. The van der Waals surface area contributed by atoms with Gasteiger partial charge in [0.1, 0.15) is 4.88 Å². The van der Waals surface area contributed by atoms with Crippen LogP contribution in [0.3, 0.4) is 0 Å². The molecule has 5 nitrogen and oxygen atoms in total. The fourth-order valence-corrected chi connectivity index (χ4v) is 3.18. The van der Waals surface area contributed by atoms with Crippen molar-refractivity contribution >= 4 is 17.2 Å². The Hall–Kier alpha value is -2.08. The molecule has 0 spiro atoms. The third-order valence-electron chi connectivity index (χ3n) is 3.99. The summed E-state index contributed by atoms with van der Waals surface area (Å²) >= 11 is 1.35. The Labute approximate surface area is 153 Å². The van der Waals surface area contributed by atoms with Gasteiger partial charge in [-0.15, -0.1) is 11.3 Å². The number of ether oxygens (including phenoxy) is 2. The van der Waals surface area contributed by atoms with Gasteiger partial charge in [-0.1, -0.05) is 25.8 Å². The monoisotopic (exact) mass is 362 g/mol. The summed E-state index contributed by atoms with van der Waals surface area (Å²) in [4.78, 5) is 17.1. The van der Waals surface area contributed by atoms with E-state index in [1.165, 1.54) is 11.3 Å². The molecular weight excluding hydrogens is 336 g/mol. The molecule has 1 heterocycles. The van der Waals surface area contributed by atoms with Crippen molar-refractivity contribution in [1.29, 1.82) is 0 Å². The average molecular weight is 362 g/mol. The van der Waals surface area contributed by atoms with Gasteiger partial charge in [0.2, 0.25) is 0 Å². The second kappa shape index (κ2) is 9.42. The molecule has 25 heavy (non-hydrogen) atoms. The zero-order chi connectivity index (χ0) is 18.2. The molecule has 0 aliphatic rings. The maximum absolute atomic E-state index is 12.3. The van der Waals surface area contributed by atoms with E-state index in [2.05, 4.69) is 17.2 Å². The molecule has 1 aromatic carbocycles. The maximum atomic E-state index is 12.3. The van der Waals surface area contributed by atoms with Crippen LogP contribution in [0, 0.1) is 6.92 Å². The summed E-state index contributed by atoms with van der Waals surface area (Å²) in [7, 11) is 1.63. The zero-order valence-electron chi connectivity index (χ0n) is 15.3. The van der Waals surface area contributed by atoms with Gasteiger partial charge in [0.15, 0.2) is 11.5 Å². The van der Waals surface area contributed by atoms with Gasteiger partial charge < -0.3 is 14.8 Å². The van der Waals surface area contributed by atoms with Crippen molar-refractivity contribution in [2.75, 3.05) is 13.7 Å². The Morgan fingerprint density at radius 3 is 2.76 bits per heavy atom. The minimum atomic E-state index is -0.142. The third kappa shape index (κ3) is 5.19. The molecule has 1 N–H and O–H groups in total. The Balaban J connectivity index is 2.03. The number of aryl methyl sites for hydroxylation is 1. The quantitative estimate of drug-likeness (QED) is 0.666. The number of aromatic nitrogens is 1. The molecule has 1 atom stereocenters. The lowest BCUT2D eigenvalue weighted by Gasteiger charge is -2.17. The van der Waals surface area contributed by atoms with Crippen LogP contribution in [0.15, 0.2) is 23.7 Å². The van der Waals surface area contributed by atoms with E-state index in [1.54, 1.807) is 12.6 Å². The summed E-state index contributed by atoms with van der Waals surface area (Å²) in [5.74, 6) is 1.31.